The van der Waals surface area contributed by atoms with Gasteiger partial charge in [0.25, 0.3) is 5.91 Å². The van der Waals surface area contributed by atoms with E-state index in [1.54, 1.807) is 29.9 Å². The summed E-state index contributed by atoms with van der Waals surface area (Å²) < 4.78 is 1.71. The molecule has 1 aromatic carbocycles. The summed E-state index contributed by atoms with van der Waals surface area (Å²) in [5.74, 6) is 0.234. The molecule has 0 fully saturated rings. The van der Waals surface area contributed by atoms with Crippen LogP contribution < -0.4 is 5.32 Å². The van der Waals surface area contributed by atoms with E-state index in [0.29, 0.717) is 22.2 Å². The molecule has 0 atom stereocenters. The highest BCUT2D eigenvalue weighted by Gasteiger charge is 2.14. The number of nitrogens with zero attached hydrogens (tertiary/aromatic N) is 3. The van der Waals surface area contributed by atoms with E-state index in [4.69, 9.17) is 0 Å². The van der Waals surface area contributed by atoms with Crippen LogP contribution in [0.2, 0.25) is 0 Å². The maximum Gasteiger partial charge on any atom is 0.275 e. The molecule has 3 rings (SSSR count). The number of anilines is 1. The van der Waals surface area contributed by atoms with Gasteiger partial charge in [-0.3, -0.25) is 4.79 Å². The molecular formula is C14H8Br2N4OS. The minimum Gasteiger partial charge on any atom is -0.320 e. The van der Waals surface area contributed by atoms with Gasteiger partial charge in [-0.2, -0.15) is 0 Å². The normalized spacial score (nSPS) is 10.5. The van der Waals surface area contributed by atoms with E-state index < -0.39 is 0 Å². The molecule has 0 unspecified atom stereocenters. The fourth-order valence-corrected chi connectivity index (χ4v) is 3.56. The van der Waals surface area contributed by atoms with Gasteiger partial charge in [0.05, 0.1) is 5.69 Å². The molecule has 0 saturated carbocycles. The molecule has 0 bridgehead atoms. The van der Waals surface area contributed by atoms with Crippen molar-refractivity contribution in [3.63, 3.8) is 0 Å². The highest BCUT2D eigenvalue weighted by molar-refractivity contribution is 9.11. The lowest BCUT2D eigenvalue weighted by atomic mass is 10.3. The molecule has 3 aromatic rings. The van der Waals surface area contributed by atoms with Crippen molar-refractivity contribution in [3.8, 4) is 10.8 Å². The fourth-order valence-electron chi connectivity index (χ4n) is 1.67. The van der Waals surface area contributed by atoms with Gasteiger partial charge >= 0.3 is 0 Å². The lowest BCUT2D eigenvalue weighted by Gasteiger charge is -2.06. The average Bonchev–Trinajstić information content (AvgIpc) is 3.01. The second-order valence-electron chi connectivity index (χ2n) is 4.19. The number of carbonyl (C=O) groups is 1. The summed E-state index contributed by atoms with van der Waals surface area (Å²) >= 11 is 8.11. The van der Waals surface area contributed by atoms with Crippen LogP contribution in [0.15, 0.2) is 51.0 Å². The molecule has 2 heterocycles. The zero-order valence-corrected chi connectivity index (χ0v) is 14.9. The summed E-state index contributed by atoms with van der Waals surface area (Å²) in [5, 5.41) is 5.12. The summed E-state index contributed by atoms with van der Waals surface area (Å²) in [7, 11) is 0. The third-order valence-electron chi connectivity index (χ3n) is 2.67. The van der Waals surface area contributed by atoms with Gasteiger partial charge in [0.2, 0.25) is 0 Å². The molecule has 8 heteroatoms. The van der Waals surface area contributed by atoms with Crippen molar-refractivity contribution in [2.45, 2.75) is 0 Å². The fraction of sp³-hybridized carbons (Fsp3) is 0. The monoisotopic (exact) mass is 438 g/mol. The Labute approximate surface area is 147 Å². The predicted octanol–water partition coefficient (Wildman–Crippen LogP) is 4.38. The maximum atomic E-state index is 12.3. The number of amides is 1. The van der Waals surface area contributed by atoms with Gasteiger partial charge in [-0.25, -0.2) is 15.0 Å². The molecule has 0 saturated heterocycles. The van der Waals surface area contributed by atoms with Crippen LogP contribution in [0, 0.1) is 0 Å². The van der Waals surface area contributed by atoms with Gasteiger partial charge < -0.3 is 5.32 Å². The van der Waals surface area contributed by atoms with Crippen LogP contribution in [0.4, 0.5) is 5.69 Å². The first-order chi connectivity index (χ1) is 10.6. The van der Waals surface area contributed by atoms with Crippen LogP contribution in [0.3, 0.4) is 0 Å². The van der Waals surface area contributed by atoms with Crippen molar-refractivity contribution in [1.29, 1.82) is 0 Å². The van der Waals surface area contributed by atoms with Gasteiger partial charge in [-0.1, -0.05) is 15.9 Å². The van der Waals surface area contributed by atoms with Crippen molar-refractivity contribution in [2.24, 2.45) is 0 Å². The van der Waals surface area contributed by atoms with Crippen LogP contribution in [0.5, 0.6) is 0 Å². The molecule has 0 aliphatic rings. The summed E-state index contributed by atoms with van der Waals surface area (Å²) in [6.07, 6.45) is 3.28. The van der Waals surface area contributed by atoms with Crippen molar-refractivity contribution in [3.05, 3.63) is 56.7 Å². The number of rotatable bonds is 3. The molecular weight excluding hydrogens is 432 g/mol. The minimum atomic E-state index is -0.276. The first kappa shape index (κ1) is 15.3. The summed E-state index contributed by atoms with van der Waals surface area (Å²) in [4.78, 5) is 24.8. The molecule has 2 aromatic heterocycles. The van der Waals surface area contributed by atoms with E-state index in [0.717, 1.165) is 8.95 Å². The van der Waals surface area contributed by atoms with Gasteiger partial charge in [-0.05, 0) is 40.2 Å². The second kappa shape index (κ2) is 6.64. The number of aromatic nitrogens is 3. The first-order valence-electron chi connectivity index (χ1n) is 6.13. The van der Waals surface area contributed by atoms with Crippen LogP contribution in [-0.4, -0.2) is 20.9 Å². The Morgan fingerprint density at radius 3 is 2.68 bits per heavy atom. The van der Waals surface area contributed by atoms with Crippen LogP contribution in [-0.2, 0) is 0 Å². The van der Waals surface area contributed by atoms with Crippen LogP contribution >= 0.6 is 43.2 Å². The van der Waals surface area contributed by atoms with Crippen LogP contribution in [0.25, 0.3) is 10.8 Å². The number of thiazole rings is 1. The lowest BCUT2D eigenvalue weighted by Crippen LogP contribution is -2.12. The van der Waals surface area contributed by atoms with E-state index in [2.05, 4.69) is 52.1 Å². The molecule has 1 N–H and O–H groups in total. The van der Waals surface area contributed by atoms with E-state index in [1.807, 2.05) is 12.1 Å². The minimum absolute atomic E-state index is 0.276. The SMILES string of the molecule is O=C(Nc1ccc(Br)cc1Br)c1csc(-c2ncccn2)n1. The Morgan fingerprint density at radius 1 is 1.18 bits per heavy atom. The quantitative estimate of drug-likeness (QED) is 0.657. The van der Waals surface area contributed by atoms with Crippen molar-refractivity contribution in [1.82, 2.24) is 15.0 Å². The van der Waals surface area contributed by atoms with Gasteiger partial charge in [0.1, 0.15) is 5.69 Å². The van der Waals surface area contributed by atoms with Crippen molar-refractivity contribution < 1.29 is 4.79 Å². The van der Waals surface area contributed by atoms with Crippen molar-refractivity contribution >= 4 is 54.8 Å². The Morgan fingerprint density at radius 2 is 1.95 bits per heavy atom. The lowest BCUT2D eigenvalue weighted by molar-refractivity contribution is 0.102. The number of halogens is 2. The average molecular weight is 440 g/mol. The Hall–Kier alpha value is -1.64. The van der Waals surface area contributed by atoms with E-state index in [-0.39, 0.29) is 5.91 Å². The summed E-state index contributed by atoms with van der Waals surface area (Å²) in [5.41, 5.74) is 1.01. The topological polar surface area (TPSA) is 67.8 Å². The standard InChI is InChI=1S/C14H8Br2N4OS/c15-8-2-3-10(9(16)6-8)19-13(21)11-7-22-14(20-11)12-17-4-1-5-18-12/h1-7H,(H,19,21). The molecule has 0 spiro atoms. The molecule has 22 heavy (non-hydrogen) atoms. The molecule has 0 aliphatic heterocycles. The van der Waals surface area contributed by atoms with Gasteiger partial charge in [0.15, 0.2) is 10.8 Å². The smallest absolute Gasteiger partial charge is 0.275 e. The largest absolute Gasteiger partial charge is 0.320 e. The maximum absolute atomic E-state index is 12.3. The van der Waals surface area contributed by atoms with Gasteiger partial charge in [0, 0.05) is 26.7 Å². The highest BCUT2D eigenvalue weighted by atomic mass is 79.9. The Balaban J connectivity index is 1.80. The third kappa shape index (κ3) is 3.40. The number of nitrogens with one attached hydrogen (secondary N) is 1. The van der Waals surface area contributed by atoms with E-state index >= 15 is 0 Å². The zero-order valence-electron chi connectivity index (χ0n) is 11.0. The number of benzene rings is 1. The molecule has 0 radical (unpaired) electrons. The number of hydrogen-bond acceptors (Lipinski definition) is 5. The third-order valence-corrected chi connectivity index (χ3v) is 4.66. The number of hydrogen-bond donors (Lipinski definition) is 1. The highest BCUT2D eigenvalue weighted by Crippen LogP contribution is 2.27. The molecule has 5 nitrogen and oxygen atoms in total. The Bertz CT molecular complexity index is 823. The van der Waals surface area contributed by atoms with E-state index in [1.165, 1.54) is 11.3 Å². The van der Waals surface area contributed by atoms with Crippen LogP contribution in [0.1, 0.15) is 10.5 Å². The second-order valence-corrected chi connectivity index (χ2v) is 6.82. The first-order valence-corrected chi connectivity index (χ1v) is 8.59. The molecule has 110 valence electrons. The summed E-state index contributed by atoms with van der Waals surface area (Å²) in [6.45, 7) is 0. The Kier molecular flexibility index (Phi) is 4.60. The summed E-state index contributed by atoms with van der Waals surface area (Å²) in [6, 6.07) is 7.25. The van der Waals surface area contributed by atoms with E-state index in [9.17, 15) is 4.79 Å². The van der Waals surface area contributed by atoms with Crippen molar-refractivity contribution in [2.75, 3.05) is 5.32 Å². The predicted molar refractivity (Wildman–Crippen MR) is 92.9 cm³/mol. The molecule has 0 aliphatic carbocycles. The van der Waals surface area contributed by atoms with Gasteiger partial charge in [-0.15, -0.1) is 11.3 Å². The molecule has 1 amide bonds. The number of carbonyl (C=O) groups excluding carboxylic acids is 1. The zero-order chi connectivity index (χ0) is 15.5.